The number of carbonyl (C=O) groups is 1. The third-order valence-electron chi connectivity index (χ3n) is 3.10. The van der Waals surface area contributed by atoms with Crippen LogP contribution in [-0.4, -0.2) is 26.3 Å². The Labute approximate surface area is 113 Å². The molecule has 0 aliphatic carbocycles. The standard InChI is InChI=1S/C14H20N2O3/c1-10(16-14(17)4-3-7-15-2)11-5-6-12-13(8-11)19-9-18-12/h5-6,8,10,15H,3-4,7,9H2,1-2H3,(H,16,17). The number of hydrogen-bond acceptors (Lipinski definition) is 4. The molecule has 0 saturated heterocycles. The summed E-state index contributed by atoms with van der Waals surface area (Å²) in [6.07, 6.45) is 1.38. The van der Waals surface area contributed by atoms with Gasteiger partial charge in [0.1, 0.15) is 0 Å². The Morgan fingerprint density at radius 2 is 2.16 bits per heavy atom. The summed E-state index contributed by atoms with van der Waals surface area (Å²) in [6, 6.07) is 5.71. The normalized spacial score (nSPS) is 14.2. The summed E-state index contributed by atoms with van der Waals surface area (Å²) in [5.41, 5.74) is 1.02. The minimum absolute atomic E-state index is 0.0309. The van der Waals surface area contributed by atoms with E-state index in [1.807, 2.05) is 32.2 Å². The smallest absolute Gasteiger partial charge is 0.231 e. The second-order valence-corrected chi connectivity index (χ2v) is 4.61. The fourth-order valence-electron chi connectivity index (χ4n) is 2.01. The van der Waals surface area contributed by atoms with Crippen LogP contribution in [0.15, 0.2) is 18.2 Å². The fourth-order valence-corrected chi connectivity index (χ4v) is 2.01. The van der Waals surface area contributed by atoms with Crippen molar-refractivity contribution in [3.05, 3.63) is 23.8 Å². The van der Waals surface area contributed by atoms with Crippen molar-refractivity contribution in [1.29, 1.82) is 0 Å². The summed E-state index contributed by atoms with van der Waals surface area (Å²) in [5, 5.41) is 6.01. The Kier molecular flexibility index (Phi) is 4.63. The van der Waals surface area contributed by atoms with Crippen LogP contribution in [0.3, 0.4) is 0 Å². The van der Waals surface area contributed by atoms with Gasteiger partial charge < -0.3 is 20.1 Å². The molecule has 1 aromatic carbocycles. The highest BCUT2D eigenvalue weighted by Crippen LogP contribution is 2.34. The molecule has 2 N–H and O–H groups in total. The van der Waals surface area contributed by atoms with Gasteiger partial charge in [-0.2, -0.15) is 0 Å². The fraction of sp³-hybridized carbons (Fsp3) is 0.500. The number of nitrogens with one attached hydrogen (secondary N) is 2. The van der Waals surface area contributed by atoms with E-state index in [1.54, 1.807) is 0 Å². The summed E-state index contributed by atoms with van der Waals surface area (Å²) in [7, 11) is 1.88. The predicted octanol–water partition coefficient (Wildman–Crippen LogP) is 1.59. The lowest BCUT2D eigenvalue weighted by molar-refractivity contribution is -0.121. The van der Waals surface area contributed by atoms with Crippen molar-refractivity contribution in [2.24, 2.45) is 0 Å². The molecule has 104 valence electrons. The van der Waals surface area contributed by atoms with Gasteiger partial charge in [-0.25, -0.2) is 0 Å². The van der Waals surface area contributed by atoms with Gasteiger partial charge in [-0.3, -0.25) is 4.79 Å². The van der Waals surface area contributed by atoms with Crippen LogP contribution in [0.1, 0.15) is 31.4 Å². The molecular formula is C14H20N2O3. The van der Waals surface area contributed by atoms with Crippen LogP contribution >= 0.6 is 0 Å². The van der Waals surface area contributed by atoms with E-state index in [2.05, 4.69) is 10.6 Å². The molecule has 0 spiro atoms. The molecule has 0 bridgehead atoms. The zero-order valence-electron chi connectivity index (χ0n) is 11.4. The van der Waals surface area contributed by atoms with Gasteiger partial charge in [0.15, 0.2) is 11.5 Å². The zero-order chi connectivity index (χ0) is 13.7. The Balaban J connectivity index is 1.89. The number of rotatable bonds is 6. The van der Waals surface area contributed by atoms with E-state index < -0.39 is 0 Å². The molecule has 5 heteroatoms. The van der Waals surface area contributed by atoms with Crippen LogP contribution in [-0.2, 0) is 4.79 Å². The molecular weight excluding hydrogens is 244 g/mol. The first-order chi connectivity index (χ1) is 9.20. The van der Waals surface area contributed by atoms with Gasteiger partial charge in [-0.1, -0.05) is 6.07 Å². The van der Waals surface area contributed by atoms with Crippen LogP contribution in [0.2, 0.25) is 0 Å². The van der Waals surface area contributed by atoms with Crippen LogP contribution in [0.5, 0.6) is 11.5 Å². The largest absolute Gasteiger partial charge is 0.454 e. The van der Waals surface area contributed by atoms with Crippen LogP contribution < -0.4 is 20.1 Å². The summed E-state index contributed by atoms with van der Waals surface area (Å²) >= 11 is 0. The molecule has 1 aliphatic heterocycles. The average molecular weight is 264 g/mol. The third kappa shape index (κ3) is 3.61. The van der Waals surface area contributed by atoms with E-state index in [1.165, 1.54) is 0 Å². The van der Waals surface area contributed by atoms with Crippen LogP contribution in [0, 0.1) is 0 Å². The van der Waals surface area contributed by atoms with Crippen molar-refractivity contribution in [2.75, 3.05) is 20.4 Å². The maximum absolute atomic E-state index is 11.7. The van der Waals surface area contributed by atoms with Crippen LogP contribution in [0.25, 0.3) is 0 Å². The highest BCUT2D eigenvalue weighted by Gasteiger charge is 2.16. The minimum Gasteiger partial charge on any atom is -0.454 e. The van der Waals surface area contributed by atoms with Gasteiger partial charge in [0, 0.05) is 6.42 Å². The number of fused-ring (bicyclic) bond motifs is 1. The molecule has 1 aliphatic rings. The summed E-state index contributed by atoms with van der Waals surface area (Å²) in [6.45, 7) is 3.09. The van der Waals surface area contributed by atoms with Crippen molar-refractivity contribution in [3.63, 3.8) is 0 Å². The quantitative estimate of drug-likeness (QED) is 0.766. The van der Waals surface area contributed by atoms with Gasteiger partial charge >= 0.3 is 0 Å². The average Bonchev–Trinajstić information content (AvgIpc) is 2.86. The Morgan fingerprint density at radius 1 is 1.37 bits per heavy atom. The molecule has 1 heterocycles. The number of amides is 1. The van der Waals surface area contributed by atoms with Crippen LogP contribution in [0.4, 0.5) is 0 Å². The van der Waals surface area contributed by atoms with Crippen molar-refractivity contribution in [3.8, 4) is 11.5 Å². The highest BCUT2D eigenvalue weighted by atomic mass is 16.7. The van der Waals surface area contributed by atoms with Gasteiger partial charge in [0.05, 0.1) is 6.04 Å². The SMILES string of the molecule is CNCCCC(=O)NC(C)c1ccc2c(c1)OCO2. The lowest BCUT2D eigenvalue weighted by atomic mass is 10.1. The molecule has 19 heavy (non-hydrogen) atoms. The lowest BCUT2D eigenvalue weighted by Gasteiger charge is -2.14. The molecule has 5 nitrogen and oxygen atoms in total. The molecule has 0 aromatic heterocycles. The lowest BCUT2D eigenvalue weighted by Crippen LogP contribution is -2.27. The second-order valence-electron chi connectivity index (χ2n) is 4.61. The number of hydrogen-bond donors (Lipinski definition) is 2. The third-order valence-corrected chi connectivity index (χ3v) is 3.10. The molecule has 1 unspecified atom stereocenters. The topological polar surface area (TPSA) is 59.6 Å². The Bertz CT molecular complexity index is 448. The van der Waals surface area contributed by atoms with E-state index in [0.29, 0.717) is 6.42 Å². The number of carbonyl (C=O) groups excluding carboxylic acids is 1. The molecule has 1 amide bonds. The maximum atomic E-state index is 11.7. The summed E-state index contributed by atoms with van der Waals surface area (Å²) in [5.74, 6) is 1.57. The summed E-state index contributed by atoms with van der Waals surface area (Å²) < 4.78 is 10.6. The first-order valence-electron chi connectivity index (χ1n) is 6.54. The Morgan fingerprint density at radius 3 is 2.95 bits per heavy atom. The van der Waals surface area contributed by atoms with E-state index in [0.717, 1.165) is 30.0 Å². The predicted molar refractivity (Wildman–Crippen MR) is 72.3 cm³/mol. The monoisotopic (exact) mass is 264 g/mol. The molecule has 0 radical (unpaired) electrons. The van der Waals surface area contributed by atoms with Gasteiger partial charge in [-0.05, 0) is 44.6 Å². The molecule has 0 saturated carbocycles. The minimum atomic E-state index is -0.0309. The van der Waals surface area contributed by atoms with E-state index in [-0.39, 0.29) is 18.7 Å². The van der Waals surface area contributed by atoms with Crippen molar-refractivity contribution < 1.29 is 14.3 Å². The second kappa shape index (κ2) is 6.43. The van der Waals surface area contributed by atoms with Crippen molar-refractivity contribution in [2.45, 2.75) is 25.8 Å². The molecule has 1 aromatic rings. The Hall–Kier alpha value is -1.75. The highest BCUT2D eigenvalue weighted by molar-refractivity contribution is 5.76. The molecule has 1 atom stereocenters. The number of benzene rings is 1. The first kappa shape index (κ1) is 13.7. The first-order valence-corrected chi connectivity index (χ1v) is 6.54. The van der Waals surface area contributed by atoms with E-state index in [4.69, 9.17) is 9.47 Å². The molecule has 2 rings (SSSR count). The van der Waals surface area contributed by atoms with E-state index >= 15 is 0 Å². The van der Waals surface area contributed by atoms with Gasteiger partial charge in [0.25, 0.3) is 0 Å². The number of ether oxygens (including phenoxy) is 2. The van der Waals surface area contributed by atoms with Crippen molar-refractivity contribution in [1.82, 2.24) is 10.6 Å². The zero-order valence-corrected chi connectivity index (χ0v) is 11.4. The van der Waals surface area contributed by atoms with Crippen molar-refractivity contribution >= 4 is 5.91 Å². The summed E-state index contributed by atoms with van der Waals surface area (Å²) in [4.78, 5) is 11.7. The van der Waals surface area contributed by atoms with E-state index in [9.17, 15) is 4.79 Å². The maximum Gasteiger partial charge on any atom is 0.231 e. The van der Waals surface area contributed by atoms with Gasteiger partial charge in [-0.15, -0.1) is 0 Å². The van der Waals surface area contributed by atoms with Gasteiger partial charge in [0.2, 0.25) is 12.7 Å². The molecule has 0 fully saturated rings.